The number of rotatable bonds is 12. The highest BCUT2D eigenvalue weighted by Crippen LogP contribution is 2.26. The van der Waals surface area contributed by atoms with Crippen LogP contribution in [0.3, 0.4) is 0 Å². The Morgan fingerprint density at radius 3 is 2.43 bits per heavy atom. The highest BCUT2D eigenvalue weighted by atomic mass is 16.7. The monoisotopic (exact) mass is 325 g/mol. The summed E-state index contributed by atoms with van der Waals surface area (Å²) in [6, 6.07) is -0.300. The van der Waals surface area contributed by atoms with Crippen LogP contribution >= 0.6 is 0 Å². The van der Waals surface area contributed by atoms with E-state index in [1.165, 1.54) is 38.5 Å². The molecule has 0 amide bonds. The molecule has 0 aromatic heterocycles. The van der Waals surface area contributed by atoms with Crippen molar-refractivity contribution < 1.29 is 14.7 Å². The molecule has 2 unspecified atom stereocenters. The van der Waals surface area contributed by atoms with E-state index in [-0.39, 0.29) is 6.04 Å². The maximum Gasteiger partial charge on any atom is 0.125 e. The largest absolute Gasteiger partial charge is 0.391 e. The van der Waals surface area contributed by atoms with Crippen LogP contribution in [0.5, 0.6) is 0 Å². The van der Waals surface area contributed by atoms with E-state index in [1.807, 2.05) is 12.9 Å². The minimum Gasteiger partial charge on any atom is -0.391 e. The van der Waals surface area contributed by atoms with Crippen LogP contribution in [0.1, 0.15) is 84.5 Å². The predicted molar refractivity (Wildman–Crippen MR) is 93.8 cm³/mol. The number of hydrogen-bond donors (Lipinski definition) is 1. The van der Waals surface area contributed by atoms with Gasteiger partial charge in [-0.3, -0.25) is 4.84 Å². The molecule has 4 nitrogen and oxygen atoms in total. The highest BCUT2D eigenvalue weighted by molar-refractivity contribution is 5.55. The van der Waals surface area contributed by atoms with E-state index in [9.17, 15) is 9.90 Å². The Morgan fingerprint density at radius 1 is 1.17 bits per heavy atom. The number of aliphatic hydroxyl groups excluding tert-OH is 1. The Balaban J connectivity index is 2.30. The van der Waals surface area contributed by atoms with E-state index in [0.29, 0.717) is 12.2 Å². The molecule has 1 rings (SSSR count). The Bertz CT molecular complexity index is 351. The maximum absolute atomic E-state index is 11.2. The molecule has 1 aliphatic heterocycles. The van der Waals surface area contributed by atoms with Gasteiger partial charge < -0.3 is 5.11 Å². The molecular formula is C19H35NO3. The molecule has 23 heavy (non-hydrogen) atoms. The summed E-state index contributed by atoms with van der Waals surface area (Å²) < 4.78 is 0. The van der Waals surface area contributed by atoms with Gasteiger partial charge in [-0.1, -0.05) is 58.3 Å². The van der Waals surface area contributed by atoms with Crippen LogP contribution in [0.15, 0.2) is 5.57 Å². The first kappa shape index (κ1) is 20.4. The standard InChI is InChI=1S/C19H35NO3/c1-3-5-6-7-8-9-10-11-14-18(22)19-17(16-21)13-12-15-20(19)23-4-2/h18-19,22H,3-15H2,1-2H3. The van der Waals surface area contributed by atoms with Crippen LogP contribution in [0.4, 0.5) is 0 Å². The van der Waals surface area contributed by atoms with Crippen molar-refractivity contribution in [3.05, 3.63) is 5.57 Å². The van der Waals surface area contributed by atoms with E-state index >= 15 is 0 Å². The van der Waals surface area contributed by atoms with Crippen molar-refractivity contribution in [3.8, 4) is 0 Å². The molecule has 134 valence electrons. The van der Waals surface area contributed by atoms with Gasteiger partial charge in [0.25, 0.3) is 0 Å². The van der Waals surface area contributed by atoms with Crippen LogP contribution in [0, 0.1) is 0 Å². The molecule has 2 atom stereocenters. The van der Waals surface area contributed by atoms with Crippen LogP contribution in [-0.2, 0) is 9.63 Å². The molecule has 1 aliphatic rings. The SMILES string of the molecule is CCCCCCCCCCC(O)C1C(=C=O)CCCN1OCC. The predicted octanol–water partition coefficient (Wildman–Crippen LogP) is 4.05. The van der Waals surface area contributed by atoms with Gasteiger partial charge in [0, 0.05) is 12.1 Å². The molecule has 0 saturated carbocycles. The van der Waals surface area contributed by atoms with Gasteiger partial charge >= 0.3 is 0 Å². The number of hydrogen-bond acceptors (Lipinski definition) is 4. The van der Waals surface area contributed by atoms with Crippen molar-refractivity contribution in [2.24, 2.45) is 0 Å². The molecule has 1 heterocycles. The van der Waals surface area contributed by atoms with Crippen LogP contribution in [0.25, 0.3) is 0 Å². The summed E-state index contributed by atoms with van der Waals surface area (Å²) in [5, 5.41) is 12.3. The van der Waals surface area contributed by atoms with Crippen LogP contribution in [-0.4, -0.2) is 41.4 Å². The Hall–Kier alpha value is -0.670. The zero-order valence-electron chi connectivity index (χ0n) is 15.1. The van der Waals surface area contributed by atoms with Gasteiger partial charge in [0.1, 0.15) is 5.94 Å². The van der Waals surface area contributed by atoms with Gasteiger partial charge in [-0.2, -0.15) is 5.06 Å². The van der Waals surface area contributed by atoms with Crippen molar-refractivity contribution in [1.29, 1.82) is 0 Å². The third-order valence-corrected chi connectivity index (χ3v) is 4.64. The fraction of sp³-hybridized carbons (Fsp3) is 0.895. The molecule has 0 radical (unpaired) electrons. The molecule has 1 fully saturated rings. The lowest BCUT2D eigenvalue weighted by molar-refractivity contribution is -0.200. The summed E-state index contributed by atoms with van der Waals surface area (Å²) in [6.45, 7) is 5.51. The Morgan fingerprint density at radius 2 is 1.83 bits per heavy atom. The molecule has 1 N–H and O–H groups in total. The molecule has 0 aromatic carbocycles. The van der Waals surface area contributed by atoms with Crippen molar-refractivity contribution in [1.82, 2.24) is 5.06 Å². The molecular weight excluding hydrogens is 290 g/mol. The smallest absolute Gasteiger partial charge is 0.125 e. The highest BCUT2D eigenvalue weighted by Gasteiger charge is 2.33. The summed E-state index contributed by atoms with van der Waals surface area (Å²) >= 11 is 0. The number of nitrogens with zero attached hydrogens (tertiary/aromatic N) is 1. The summed E-state index contributed by atoms with van der Waals surface area (Å²) in [5.74, 6) is 2.04. The minimum atomic E-state index is -0.529. The average molecular weight is 325 g/mol. The Kier molecular flexibility index (Phi) is 11.3. The average Bonchev–Trinajstić information content (AvgIpc) is 2.57. The first-order chi connectivity index (χ1) is 11.2. The first-order valence-corrected chi connectivity index (χ1v) is 9.56. The number of piperidine rings is 1. The fourth-order valence-corrected chi connectivity index (χ4v) is 3.38. The molecule has 4 heteroatoms. The molecule has 0 aromatic rings. The maximum atomic E-state index is 11.2. The normalized spacial score (nSPS) is 20.5. The van der Waals surface area contributed by atoms with E-state index in [4.69, 9.17) is 4.84 Å². The second-order valence-electron chi connectivity index (χ2n) is 6.57. The number of hydroxylamine groups is 2. The molecule has 0 spiro atoms. The number of aliphatic hydroxyl groups is 1. The summed E-state index contributed by atoms with van der Waals surface area (Å²) in [6.07, 6.45) is 11.8. The van der Waals surface area contributed by atoms with Gasteiger partial charge in [0.05, 0.1) is 18.8 Å². The quantitative estimate of drug-likeness (QED) is 0.434. The minimum absolute atomic E-state index is 0.300. The van der Waals surface area contributed by atoms with Gasteiger partial charge in [0.2, 0.25) is 0 Å². The first-order valence-electron chi connectivity index (χ1n) is 9.56. The second kappa shape index (κ2) is 12.7. The number of carbonyl (C=O) groups excluding carboxylic acids is 1. The second-order valence-corrected chi connectivity index (χ2v) is 6.57. The van der Waals surface area contributed by atoms with Crippen molar-refractivity contribution in [2.45, 2.75) is 96.6 Å². The zero-order chi connectivity index (χ0) is 16.9. The Labute approximate surface area is 141 Å². The van der Waals surface area contributed by atoms with Crippen LogP contribution < -0.4 is 0 Å². The van der Waals surface area contributed by atoms with Crippen molar-refractivity contribution in [3.63, 3.8) is 0 Å². The lowest BCUT2D eigenvalue weighted by Crippen LogP contribution is -2.48. The van der Waals surface area contributed by atoms with E-state index in [1.54, 1.807) is 5.06 Å². The lowest BCUT2D eigenvalue weighted by atomic mass is 9.91. The lowest BCUT2D eigenvalue weighted by Gasteiger charge is -2.37. The van der Waals surface area contributed by atoms with Gasteiger partial charge in [0.15, 0.2) is 0 Å². The topological polar surface area (TPSA) is 49.8 Å². The van der Waals surface area contributed by atoms with Gasteiger partial charge in [-0.15, -0.1) is 0 Å². The van der Waals surface area contributed by atoms with Crippen molar-refractivity contribution in [2.75, 3.05) is 13.2 Å². The van der Waals surface area contributed by atoms with E-state index < -0.39 is 6.10 Å². The molecule has 0 bridgehead atoms. The fourth-order valence-electron chi connectivity index (χ4n) is 3.38. The van der Waals surface area contributed by atoms with Crippen molar-refractivity contribution >= 4 is 5.94 Å². The summed E-state index contributed by atoms with van der Waals surface area (Å²) in [4.78, 5) is 16.8. The summed E-state index contributed by atoms with van der Waals surface area (Å²) in [5.41, 5.74) is 0.664. The van der Waals surface area contributed by atoms with Crippen LogP contribution in [0.2, 0.25) is 0 Å². The van der Waals surface area contributed by atoms with E-state index in [0.717, 1.165) is 38.6 Å². The molecule has 0 aliphatic carbocycles. The van der Waals surface area contributed by atoms with Gasteiger partial charge in [-0.25, -0.2) is 4.79 Å². The number of unbranched alkanes of at least 4 members (excludes halogenated alkanes) is 7. The van der Waals surface area contributed by atoms with Gasteiger partial charge in [-0.05, 0) is 26.2 Å². The molecule has 1 saturated heterocycles. The summed E-state index contributed by atoms with van der Waals surface area (Å²) in [7, 11) is 0. The van der Waals surface area contributed by atoms with E-state index in [2.05, 4.69) is 6.92 Å². The third-order valence-electron chi connectivity index (χ3n) is 4.64. The zero-order valence-corrected chi connectivity index (χ0v) is 15.1. The third kappa shape index (κ3) is 7.63.